The average Bonchev–Trinajstić information content (AvgIpc) is 2.54. The second-order valence-electron chi connectivity index (χ2n) is 7.00. The Labute approximate surface area is 143 Å². The van der Waals surface area contributed by atoms with Crippen LogP contribution in [0.3, 0.4) is 0 Å². The first-order valence-corrected chi connectivity index (χ1v) is 8.32. The Bertz CT molecular complexity index is 706. The van der Waals surface area contributed by atoms with Gasteiger partial charge < -0.3 is 5.11 Å². The third kappa shape index (κ3) is 4.26. The van der Waals surface area contributed by atoms with Crippen LogP contribution in [-0.4, -0.2) is 27.3 Å². The molecule has 0 spiro atoms. The minimum atomic E-state index is -0.869. The second kappa shape index (κ2) is 7.22. The molecule has 1 aliphatic carbocycles. The molecule has 1 heterocycles. The number of nitrogens with zero attached hydrogens (tertiary/aromatic N) is 1. The molecule has 0 aliphatic heterocycles. The molecular formula is C20H25NO3. The van der Waals surface area contributed by atoms with Crippen LogP contribution in [0.5, 0.6) is 0 Å². The van der Waals surface area contributed by atoms with Gasteiger partial charge in [-0.25, -0.2) is 0 Å². The van der Waals surface area contributed by atoms with Gasteiger partial charge in [0.2, 0.25) is 0 Å². The Kier molecular flexibility index (Phi) is 5.50. The van der Waals surface area contributed by atoms with Gasteiger partial charge in [0.15, 0.2) is 11.6 Å². The van der Waals surface area contributed by atoms with Crippen molar-refractivity contribution in [3.8, 4) is 0 Å². The van der Waals surface area contributed by atoms with Crippen molar-refractivity contribution in [3.63, 3.8) is 0 Å². The maximum atomic E-state index is 12.7. The lowest BCUT2D eigenvalue weighted by Crippen LogP contribution is -2.25. The van der Waals surface area contributed by atoms with E-state index in [0.29, 0.717) is 48.0 Å². The number of hydrogen-bond acceptors (Lipinski definition) is 4. The van der Waals surface area contributed by atoms with Crippen LogP contribution >= 0.6 is 0 Å². The van der Waals surface area contributed by atoms with E-state index in [9.17, 15) is 14.7 Å². The summed E-state index contributed by atoms with van der Waals surface area (Å²) in [7, 11) is 0. The molecule has 0 amide bonds. The van der Waals surface area contributed by atoms with E-state index in [1.807, 2.05) is 18.2 Å². The zero-order valence-corrected chi connectivity index (χ0v) is 14.8. The SMILES string of the molecule is CC1=C(C)C(=O)C(CCC(C)(C)O)=C(CCc2ccccn2)C1=O. The summed E-state index contributed by atoms with van der Waals surface area (Å²) in [6.45, 7) is 6.84. The van der Waals surface area contributed by atoms with E-state index in [-0.39, 0.29) is 11.6 Å². The van der Waals surface area contributed by atoms with Crippen LogP contribution in [0.15, 0.2) is 46.7 Å². The molecule has 0 saturated carbocycles. The number of rotatable bonds is 6. The summed E-state index contributed by atoms with van der Waals surface area (Å²) in [6.07, 6.45) is 3.69. The number of ketones is 2. The highest BCUT2D eigenvalue weighted by Gasteiger charge is 2.30. The standard InChI is InChI=1S/C20H25NO3/c1-13-14(2)19(23)17(10-11-20(3,4)24)16(18(13)22)9-8-15-7-5-6-12-21-15/h5-7,12,24H,8-11H2,1-4H3. The molecule has 128 valence electrons. The minimum absolute atomic E-state index is 0.0474. The van der Waals surface area contributed by atoms with Gasteiger partial charge in [0.25, 0.3) is 0 Å². The van der Waals surface area contributed by atoms with E-state index in [1.54, 1.807) is 33.9 Å². The van der Waals surface area contributed by atoms with Crippen LogP contribution in [0.2, 0.25) is 0 Å². The van der Waals surface area contributed by atoms with Crippen LogP contribution in [0.25, 0.3) is 0 Å². The molecule has 1 aliphatic rings. The summed E-state index contributed by atoms with van der Waals surface area (Å²) in [6, 6.07) is 5.68. The smallest absolute Gasteiger partial charge is 0.185 e. The first-order valence-electron chi connectivity index (χ1n) is 8.32. The molecule has 0 fully saturated rings. The van der Waals surface area contributed by atoms with Crippen LogP contribution in [0, 0.1) is 0 Å². The fourth-order valence-electron chi connectivity index (χ4n) is 2.83. The lowest BCUT2D eigenvalue weighted by atomic mass is 9.80. The molecule has 0 unspecified atom stereocenters. The quantitative estimate of drug-likeness (QED) is 0.814. The zero-order valence-electron chi connectivity index (χ0n) is 14.8. The van der Waals surface area contributed by atoms with Crippen LogP contribution < -0.4 is 0 Å². The van der Waals surface area contributed by atoms with Crippen LogP contribution in [-0.2, 0) is 16.0 Å². The summed E-state index contributed by atoms with van der Waals surface area (Å²) in [5.41, 5.74) is 2.22. The number of hydrogen-bond donors (Lipinski definition) is 1. The van der Waals surface area contributed by atoms with Crippen molar-refractivity contribution in [3.05, 3.63) is 52.4 Å². The highest BCUT2D eigenvalue weighted by Crippen LogP contribution is 2.31. The maximum Gasteiger partial charge on any atom is 0.185 e. The molecule has 1 aromatic heterocycles. The van der Waals surface area contributed by atoms with E-state index >= 15 is 0 Å². The fourth-order valence-corrected chi connectivity index (χ4v) is 2.83. The van der Waals surface area contributed by atoms with Gasteiger partial charge >= 0.3 is 0 Å². The Hall–Kier alpha value is -2.07. The Morgan fingerprint density at radius 2 is 1.54 bits per heavy atom. The van der Waals surface area contributed by atoms with Crippen molar-refractivity contribution in [1.82, 2.24) is 4.98 Å². The third-order valence-electron chi connectivity index (χ3n) is 4.50. The largest absolute Gasteiger partial charge is 0.390 e. The number of allylic oxidation sites excluding steroid dienone is 4. The minimum Gasteiger partial charge on any atom is -0.390 e. The number of Topliss-reactive ketones (excluding diaryl/α,β-unsaturated/α-hetero) is 2. The van der Waals surface area contributed by atoms with Gasteiger partial charge in [-0.3, -0.25) is 14.6 Å². The molecule has 1 aromatic rings. The second-order valence-corrected chi connectivity index (χ2v) is 7.00. The van der Waals surface area contributed by atoms with Crippen molar-refractivity contribution in [1.29, 1.82) is 0 Å². The summed E-state index contributed by atoms with van der Waals surface area (Å²) < 4.78 is 0. The molecule has 4 heteroatoms. The number of aryl methyl sites for hydroxylation is 1. The van der Waals surface area contributed by atoms with Crippen molar-refractivity contribution >= 4 is 11.6 Å². The summed E-state index contributed by atoms with van der Waals surface area (Å²) in [5, 5.41) is 9.97. The van der Waals surface area contributed by atoms with Gasteiger partial charge in [0.1, 0.15) is 0 Å². The van der Waals surface area contributed by atoms with Crippen molar-refractivity contribution in [2.45, 2.75) is 59.0 Å². The lowest BCUT2D eigenvalue weighted by molar-refractivity contribution is -0.116. The van der Waals surface area contributed by atoms with E-state index in [2.05, 4.69) is 4.98 Å². The van der Waals surface area contributed by atoms with E-state index in [1.165, 1.54) is 0 Å². The van der Waals surface area contributed by atoms with E-state index < -0.39 is 5.60 Å². The van der Waals surface area contributed by atoms with Gasteiger partial charge in [0.05, 0.1) is 5.60 Å². The zero-order chi connectivity index (χ0) is 17.9. The topological polar surface area (TPSA) is 67.3 Å². The Balaban J connectivity index is 2.29. The normalized spacial score (nSPS) is 16.2. The number of pyridine rings is 1. The monoisotopic (exact) mass is 327 g/mol. The number of carbonyl (C=O) groups excluding carboxylic acids is 2. The van der Waals surface area contributed by atoms with E-state index in [4.69, 9.17) is 0 Å². The van der Waals surface area contributed by atoms with Gasteiger partial charge in [-0.2, -0.15) is 0 Å². The average molecular weight is 327 g/mol. The predicted molar refractivity (Wildman–Crippen MR) is 93.5 cm³/mol. The van der Waals surface area contributed by atoms with Crippen LogP contribution in [0.4, 0.5) is 0 Å². The number of carbonyl (C=O) groups is 2. The van der Waals surface area contributed by atoms with Gasteiger partial charge in [-0.1, -0.05) is 6.07 Å². The molecule has 4 nitrogen and oxygen atoms in total. The molecule has 1 N–H and O–H groups in total. The summed E-state index contributed by atoms with van der Waals surface area (Å²) in [5.74, 6) is -0.110. The molecule has 0 bridgehead atoms. The van der Waals surface area contributed by atoms with E-state index in [0.717, 1.165) is 5.69 Å². The third-order valence-corrected chi connectivity index (χ3v) is 4.50. The number of aliphatic hydroxyl groups is 1. The molecule has 0 radical (unpaired) electrons. The molecule has 0 atom stereocenters. The molecular weight excluding hydrogens is 302 g/mol. The first kappa shape index (κ1) is 18.3. The van der Waals surface area contributed by atoms with Gasteiger partial charge in [-0.05, 0) is 65.5 Å². The molecule has 0 saturated heterocycles. The molecule has 24 heavy (non-hydrogen) atoms. The van der Waals surface area contributed by atoms with Crippen molar-refractivity contribution in [2.24, 2.45) is 0 Å². The summed E-state index contributed by atoms with van der Waals surface area (Å²) in [4.78, 5) is 29.6. The van der Waals surface area contributed by atoms with Gasteiger partial charge in [-0.15, -0.1) is 0 Å². The highest BCUT2D eigenvalue weighted by atomic mass is 16.3. The maximum absolute atomic E-state index is 12.7. The Morgan fingerprint density at radius 1 is 0.958 bits per heavy atom. The first-order chi connectivity index (χ1) is 11.2. The van der Waals surface area contributed by atoms with Crippen LogP contribution in [0.1, 0.15) is 52.7 Å². The Morgan fingerprint density at radius 3 is 2.04 bits per heavy atom. The van der Waals surface area contributed by atoms with Crippen molar-refractivity contribution in [2.75, 3.05) is 0 Å². The summed E-state index contributed by atoms with van der Waals surface area (Å²) >= 11 is 0. The fraction of sp³-hybridized carbons (Fsp3) is 0.450. The molecule has 0 aromatic carbocycles. The predicted octanol–water partition coefficient (Wildman–Crippen LogP) is 3.35. The lowest BCUT2D eigenvalue weighted by Gasteiger charge is -2.23. The van der Waals surface area contributed by atoms with Gasteiger partial charge in [0, 0.05) is 34.2 Å². The number of aromatic nitrogens is 1. The van der Waals surface area contributed by atoms with Crippen molar-refractivity contribution < 1.29 is 14.7 Å². The highest BCUT2D eigenvalue weighted by molar-refractivity contribution is 6.24. The molecule has 2 rings (SSSR count).